The molecular weight excluding hydrogens is 428 g/mol. The van der Waals surface area contributed by atoms with E-state index in [9.17, 15) is 27.2 Å². The average Bonchev–Trinajstić information content (AvgIpc) is 3.11. The van der Waals surface area contributed by atoms with E-state index in [0.717, 1.165) is 18.2 Å². The minimum Gasteiger partial charge on any atom is -0.491 e. The summed E-state index contributed by atoms with van der Waals surface area (Å²) in [5.41, 5.74) is 0.437. The molecule has 1 aliphatic rings. The molecule has 0 radical (unpaired) electrons. The maximum atomic E-state index is 13.6. The summed E-state index contributed by atoms with van der Waals surface area (Å²) in [6.07, 6.45) is -0.462. The van der Waals surface area contributed by atoms with Gasteiger partial charge >= 0.3 is 6.03 Å². The lowest BCUT2D eigenvalue weighted by Crippen LogP contribution is -2.35. The van der Waals surface area contributed by atoms with Gasteiger partial charge in [-0.25, -0.2) is 22.4 Å². The van der Waals surface area contributed by atoms with E-state index in [1.165, 1.54) is 12.1 Å². The zero-order valence-corrected chi connectivity index (χ0v) is 16.7. The Morgan fingerprint density at radius 3 is 2.17 bits per heavy atom. The number of alkyl halides is 3. The molecule has 2 N–H and O–H groups in total. The highest BCUT2D eigenvalue weighted by atomic mass is 35.5. The molecule has 0 aliphatic heterocycles. The number of aryl methyl sites for hydroxylation is 2. The van der Waals surface area contributed by atoms with E-state index in [1.807, 2.05) is 5.32 Å². The number of halogens is 5. The first-order valence-electron chi connectivity index (χ1n) is 8.81. The second-order valence-corrected chi connectivity index (χ2v) is 7.80. The highest BCUT2D eigenvalue weighted by Gasteiger charge is 2.71. The van der Waals surface area contributed by atoms with Gasteiger partial charge in [0.1, 0.15) is 34.4 Å². The molecule has 3 amide bonds. The highest BCUT2D eigenvalue weighted by Crippen LogP contribution is 2.57. The quantitative estimate of drug-likeness (QED) is 0.507. The second-order valence-electron chi connectivity index (χ2n) is 7.08. The number of hydrogen-bond acceptors (Lipinski definition) is 3. The summed E-state index contributed by atoms with van der Waals surface area (Å²) in [6, 6.07) is 4.84. The van der Waals surface area contributed by atoms with Crippen molar-refractivity contribution in [3.05, 3.63) is 58.7 Å². The zero-order chi connectivity index (χ0) is 22.3. The third-order valence-corrected chi connectivity index (χ3v) is 5.13. The smallest absolute Gasteiger partial charge is 0.326 e. The Labute approximate surface area is 174 Å². The van der Waals surface area contributed by atoms with Crippen LogP contribution >= 0.6 is 11.6 Å². The highest BCUT2D eigenvalue weighted by molar-refractivity contribution is 6.27. The number of imide groups is 1. The molecule has 1 atom stereocenters. The van der Waals surface area contributed by atoms with Gasteiger partial charge in [-0.15, -0.1) is 11.6 Å². The van der Waals surface area contributed by atoms with E-state index < -0.39 is 46.4 Å². The minimum absolute atomic E-state index is 0.258. The first-order valence-corrected chi connectivity index (χ1v) is 9.18. The number of benzene rings is 2. The molecule has 0 aromatic heterocycles. The van der Waals surface area contributed by atoms with E-state index in [2.05, 4.69) is 5.32 Å². The van der Waals surface area contributed by atoms with E-state index in [-0.39, 0.29) is 12.3 Å². The monoisotopic (exact) mass is 444 g/mol. The van der Waals surface area contributed by atoms with Gasteiger partial charge in [0.2, 0.25) is 0 Å². The Hall–Kier alpha value is -2.81. The Morgan fingerprint density at radius 2 is 1.67 bits per heavy atom. The molecule has 5 nitrogen and oxygen atoms in total. The fraction of sp³-hybridized carbons (Fsp3) is 0.300. The maximum absolute atomic E-state index is 13.6. The largest absolute Gasteiger partial charge is 0.491 e. The van der Waals surface area contributed by atoms with Gasteiger partial charge in [0.15, 0.2) is 0 Å². The van der Waals surface area contributed by atoms with E-state index in [0.29, 0.717) is 16.9 Å². The lowest BCUT2D eigenvalue weighted by molar-refractivity contribution is 0.0926. The van der Waals surface area contributed by atoms with E-state index in [4.69, 9.17) is 16.3 Å². The number of anilines is 1. The van der Waals surface area contributed by atoms with Crippen LogP contribution in [0.3, 0.4) is 0 Å². The van der Waals surface area contributed by atoms with Crippen molar-refractivity contribution < 1.29 is 31.9 Å². The standard InChI is InChI=1S/C20H17ClF4N2O3/c1-10-6-12(7-11(2)16(10)30-9-19(21)8-20(19,24)25)26-18(29)27-17(28)15-13(22)4-3-5-14(15)23/h3-7H,8-9H2,1-2H3,(H2,26,27,28,29). The summed E-state index contributed by atoms with van der Waals surface area (Å²) in [5.74, 6) is -6.08. The van der Waals surface area contributed by atoms with Crippen LogP contribution in [0.25, 0.3) is 0 Å². The average molecular weight is 445 g/mol. The summed E-state index contributed by atoms with van der Waals surface area (Å²) >= 11 is 5.79. The van der Waals surface area contributed by atoms with Gasteiger partial charge in [0, 0.05) is 12.1 Å². The number of carbonyl (C=O) groups excluding carboxylic acids is 2. The lowest BCUT2D eigenvalue weighted by atomic mass is 10.1. The van der Waals surface area contributed by atoms with Crippen molar-refractivity contribution in [2.24, 2.45) is 0 Å². The Kier molecular flexibility index (Phi) is 5.68. The molecule has 0 saturated heterocycles. The first kappa shape index (κ1) is 21.9. The number of nitrogens with one attached hydrogen (secondary N) is 2. The molecule has 1 unspecified atom stereocenters. The summed E-state index contributed by atoms with van der Waals surface area (Å²) in [7, 11) is 0. The number of carbonyl (C=O) groups is 2. The zero-order valence-electron chi connectivity index (χ0n) is 15.9. The second kappa shape index (κ2) is 7.79. The molecule has 10 heteroatoms. The van der Waals surface area contributed by atoms with Crippen LogP contribution in [-0.2, 0) is 0 Å². The molecule has 0 heterocycles. The normalized spacial score (nSPS) is 19.2. The van der Waals surface area contributed by atoms with Crippen molar-refractivity contribution >= 4 is 29.2 Å². The van der Waals surface area contributed by atoms with Crippen LogP contribution in [0.15, 0.2) is 30.3 Å². The summed E-state index contributed by atoms with van der Waals surface area (Å²) in [4.78, 5) is 22.3. The molecule has 3 rings (SSSR count). The van der Waals surface area contributed by atoms with Crippen LogP contribution in [0.1, 0.15) is 27.9 Å². The van der Waals surface area contributed by atoms with Crippen LogP contribution in [0.4, 0.5) is 28.0 Å². The van der Waals surface area contributed by atoms with Crippen LogP contribution in [0.5, 0.6) is 5.75 Å². The summed E-state index contributed by atoms with van der Waals surface area (Å²) in [6.45, 7) is 2.90. The Morgan fingerprint density at radius 1 is 1.13 bits per heavy atom. The molecule has 1 saturated carbocycles. The number of rotatable bonds is 5. The number of ether oxygens (including phenoxy) is 1. The molecule has 0 spiro atoms. The van der Waals surface area contributed by atoms with Gasteiger partial charge in [-0.3, -0.25) is 10.1 Å². The van der Waals surface area contributed by atoms with Crippen molar-refractivity contribution in [3.8, 4) is 5.75 Å². The van der Waals surface area contributed by atoms with Crippen molar-refractivity contribution in [2.75, 3.05) is 11.9 Å². The molecule has 1 aliphatic carbocycles. The Bertz CT molecular complexity index is 988. The topological polar surface area (TPSA) is 67.4 Å². The van der Waals surface area contributed by atoms with Gasteiger partial charge in [0.05, 0.1) is 0 Å². The summed E-state index contributed by atoms with van der Waals surface area (Å²) < 4.78 is 59.2. The fourth-order valence-corrected chi connectivity index (χ4v) is 3.17. The van der Waals surface area contributed by atoms with Crippen molar-refractivity contribution in [3.63, 3.8) is 0 Å². The molecule has 2 aromatic carbocycles. The maximum Gasteiger partial charge on any atom is 0.326 e. The molecule has 30 heavy (non-hydrogen) atoms. The molecule has 160 valence electrons. The van der Waals surface area contributed by atoms with Gasteiger partial charge in [0.25, 0.3) is 11.8 Å². The predicted octanol–water partition coefficient (Wildman–Crippen LogP) is 4.94. The SMILES string of the molecule is Cc1cc(NC(=O)NC(=O)c2c(F)cccc2F)cc(C)c1OCC1(Cl)CC1(F)F. The number of amides is 3. The van der Waals surface area contributed by atoms with Crippen molar-refractivity contribution in [1.82, 2.24) is 5.32 Å². The third kappa shape index (κ3) is 4.35. The van der Waals surface area contributed by atoms with Crippen LogP contribution in [0, 0.1) is 25.5 Å². The number of urea groups is 1. The Balaban J connectivity index is 1.65. The van der Waals surface area contributed by atoms with E-state index in [1.54, 1.807) is 13.8 Å². The first-order chi connectivity index (χ1) is 13.9. The van der Waals surface area contributed by atoms with Crippen molar-refractivity contribution in [1.29, 1.82) is 0 Å². The fourth-order valence-electron chi connectivity index (χ4n) is 2.94. The minimum atomic E-state index is -2.97. The third-order valence-electron chi connectivity index (χ3n) is 4.61. The van der Waals surface area contributed by atoms with Gasteiger partial charge in [-0.1, -0.05) is 6.07 Å². The van der Waals surface area contributed by atoms with Crippen molar-refractivity contribution in [2.45, 2.75) is 31.1 Å². The molecular formula is C20H17ClF4N2O3. The van der Waals surface area contributed by atoms with Crippen LogP contribution < -0.4 is 15.4 Å². The summed E-state index contributed by atoms with van der Waals surface area (Å²) in [5, 5.41) is 4.21. The molecule has 0 bridgehead atoms. The lowest BCUT2D eigenvalue weighted by Gasteiger charge is -2.16. The van der Waals surface area contributed by atoms with Crippen LogP contribution in [0.2, 0.25) is 0 Å². The van der Waals surface area contributed by atoms with E-state index >= 15 is 0 Å². The van der Waals surface area contributed by atoms with Gasteiger partial charge in [-0.05, 0) is 49.2 Å². The van der Waals surface area contributed by atoms with Crippen LogP contribution in [-0.4, -0.2) is 29.3 Å². The predicted molar refractivity (Wildman–Crippen MR) is 102 cm³/mol. The molecule has 1 fully saturated rings. The number of hydrogen-bond donors (Lipinski definition) is 2. The van der Waals surface area contributed by atoms with Gasteiger partial charge in [-0.2, -0.15) is 0 Å². The molecule has 2 aromatic rings. The van der Waals surface area contributed by atoms with Gasteiger partial charge < -0.3 is 10.1 Å².